The Bertz CT molecular complexity index is 576. The van der Waals surface area contributed by atoms with E-state index >= 15 is 0 Å². The maximum atomic E-state index is 12.2. The van der Waals surface area contributed by atoms with Crippen molar-refractivity contribution in [2.75, 3.05) is 6.61 Å². The predicted molar refractivity (Wildman–Crippen MR) is 60.9 cm³/mol. The Hall–Kier alpha value is -2.04. The highest BCUT2D eigenvalue weighted by molar-refractivity contribution is 5.96. The van der Waals surface area contributed by atoms with Crippen molar-refractivity contribution in [3.05, 3.63) is 42.0 Å². The molecule has 0 heterocycles. The largest absolute Gasteiger partial charge is 0.483 e. The molecule has 0 aliphatic heterocycles. The molecule has 0 fully saturated rings. The third-order valence-corrected chi connectivity index (χ3v) is 2.42. The summed E-state index contributed by atoms with van der Waals surface area (Å²) in [6.07, 6.45) is -3.95. The van der Waals surface area contributed by atoms with Gasteiger partial charge in [-0.2, -0.15) is 13.2 Å². The van der Waals surface area contributed by atoms with E-state index in [0.29, 0.717) is 11.7 Å². The van der Waals surface area contributed by atoms with Gasteiger partial charge in [0.05, 0.1) is 5.56 Å². The molecule has 0 aliphatic carbocycles. The standard InChI is InChI=1S/C13H9F3O2/c14-13(15,16)8-18-12-10(7-17)6-5-9-3-1-2-4-11(9)12/h1-7H,8H2. The minimum atomic E-state index is -4.43. The van der Waals surface area contributed by atoms with Crippen molar-refractivity contribution in [2.45, 2.75) is 6.18 Å². The maximum Gasteiger partial charge on any atom is 0.422 e. The molecule has 18 heavy (non-hydrogen) atoms. The van der Waals surface area contributed by atoms with Gasteiger partial charge in [-0.25, -0.2) is 0 Å². The van der Waals surface area contributed by atoms with E-state index in [1.54, 1.807) is 30.3 Å². The molecule has 0 amide bonds. The Morgan fingerprint density at radius 3 is 2.50 bits per heavy atom. The van der Waals surface area contributed by atoms with Gasteiger partial charge in [0.2, 0.25) is 0 Å². The van der Waals surface area contributed by atoms with Gasteiger partial charge in [-0.1, -0.05) is 30.3 Å². The highest BCUT2D eigenvalue weighted by atomic mass is 19.4. The van der Waals surface area contributed by atoms with Crippen LogP contribution in [0.15, 0.2) is 36.4 Å². The molecular weight excluding hydrogens is 245 g/mol. The molecule has 0 saturated carbocycles. The highest BCUT2D eigenvalue weighted by Crippen LogP contribution is 2.30. The molecule has 0 N–H and O–H groups in total. The fourth-order valence-corrected chi connectivity index (χ4v) is 1.67. The summed E-state index contributed by atoms with van der Waals surface area (Å²) in [7, 11) is 0. The minimum Gasteiger partial charge on any atom is -0.483 e. The van der Waals surface area contributed by atoms with E-state index in [1.165, 1.54) is 6.07 Å². The molecule has 2 rings (SSSR count). The third kappa shape index (κ3) is 2.61. The number of fused-ring (bicyclic) bond motifs is 1. The zero-order chi connectivity index (χ0) is 13.2. The van der Waals surface area contributed by atoms with Gasteiger partial charge in [-0.15, -0.1) is 0 Å². The van der Waals surface area contributed by atoms with Crippen LogP contribution in [0.1, 0.15) is 10.4 Å². The van der Waals surface area contributed by atoms with Gasteiger partial charge in [0.1, 0.15) is 5.75 Å². The lowest BCUT2D eigenvalue weighted by Gasteiger charge is -2.13. The van der Waals surface area contributed by atoms with Crippen molar-refractivity contribution < 1.29 is 22.7 Å². The van der Waals surface area contributed by atoms with E-state index in [4.69, 9.17) is 4.74 Å². The number of rotatable bonds is 3. The monoisotopic (exact) mass is 254 g/mol. The topological polar surface area (TPSA) is 26.3 Å². The molecule has 0 aliphatic rings. The second kappa shape index (κ2) is 4.68. The number of ether oxygens (including phenoxy) is 1. The van der Waals surface area contributed by atoms with E-state index in [2.05, 4.69) is 0 Å². The molecule has 0 saturated heterocycles. The first-order valence-electron chi connectivity index (χ1n) is 5.18. The second-order valence-electron chi connectivity index (χ2n) is 3.73. The van der Waals surface area contributed by atoms with E-state index in [-0.39, 0.29) is 11.3 Å². The van der Waals surface area contributed by atoms with Gasteiger partial charge < -0.3 is 4.74 Å². The Morgan fingerprint density at radius 2 is 1.83 bits per heavy atom. The first kappa shape index (κ1) is 12.4. The van der Waals surface area contributed by atoms with Crippen LogP contribution < -0.4 is 4.74 Å². The number of hydrogen-bond donors (Lipinski definition) is 0. The lowest BCUT2D eigenvalue weighted by atomic mass is 10.1. The van der Waals surface area contributed by atoms with Gasteiger partial charge >= 0.3 is 6.18 Å². The van der Waals surface area contributed by atoms with Gasteiger partial charge in [-0.05, 0) is 11.5 Å². The minimum absolute atomic E-state index is 0.0274. The first-order valence-corrected chi connectivity index (χ1v) is 5.18. The van der Waals surface area contributed by atoms with Crippen molar-refractivity contribution in [3.8, 4) is 5.75 Å². The van der Waals surface area contributed by atoms with Crippen LogP contribution in [0.2, 0.25) is 0 Å². The molecule has 0 unspecified atom stereocenters. The molecule has 5 heteroatoms. The number of halogens is 3. The van der Waals surface area contributed by atoms with Crippen LogP contribution in [-0.2, 0) is 0 Å². The quantitative estimate of drug-likeness (QED) is 0.782. The van der Waals surface area contributed by atoms with Crippen LogP contribution in [0.3, 0.4) is 0 Å². The second-order valence-corrected chi connectivity index (χ2v) is 3.73. The Morgan fingerprint density at radius 1 is 1.11 bits per heavy atom. The summed E-state index contributed by atoms with van der Waals surface area (Å²) in [6, 6.07) is 9.91. The molecule has 0 aromatic heterocycles. The number of hydrogen-bond acceptors (Lipinski definition) is 2. The molecule has 94 valence electrons. The van der Waals surface area contributed by atoms with Crippen LogP contribution in [0, 0.1) is 0 Å². The summed E-state index contributed by atoms with van der Waals surface area (Å²) in [4.78, 5) is 10.8. The van der Waals surface area contributed by atoms with Gasteiger partial charge in [0.25, 0.3) is 0 Å². The maximum absolute atomic E-state index is 12.2. The molecular formula is C13H9F3O2. The predicted octanol–water partition coefficient (Wildman–Crippen LogP) is 3.59. The Labute approximate surface area is 101 Å². The van der Waals surface area contributed by atoms with Crippen molar-refractivity contribution >= 4 is 17.1 Å². The average molecular weight is 254 g/mol. The Balaban J connectivity index is 2.48. The van der Waals surface area contributed by atoms with Gasteiger partial charge in [0, 0.05) is 5.39 Å². The highest BCUT2D eigenvalue weighted by Gasteiger charge is 2.29. The summed E-state index contributed by atoms with van der Waals surface area (Å²) in [5.74, 6) is -0.0274. The van der Waals surface area contributed by atoms with Crippen LogP contribution in [0.25, 0.3) is 10.8 Å². The van der Waals surface area contributed by atoms with E-state index in [0.717, 1.165) is 5.39 Å². The molecule has 0 bridgehead atoms. The zero-order valence-corrected chi connectivity index (χ0v) is 9.20. The summed E-state index contributed by atoms with van der Waals surface area (Å²) in [5.41, 5.74) is 0.109. The number of carbonyl (C=O) groups is 1. The fraction of sp³-hybridized carbons (Fsp3) is 0.154. The number of benzene rings is 2. The first-order chi connectivity index (χ1) is 8.51. The normalized spacial score (nSPS) is 11.5. The van der Waals surface area contributed by atoms with Crippen molar-refractivity contribution in [3.63, 3.8) is 0 Å². The van der Waals surface area contributed by atoms with Crippen molar-refractivity contribution in [2.24, 2.45) is 0 Å². The number of carbonyl (C=O) groups excluding carboxylic acids is 1. The molecule has 2 aromatic rings. The number of alkyl halides is 3. The van der Waals surface area contributed by atoms with Crippen molar-refractivity contribution in [1.29, 1.82) is 0 Å². The molecule has 0 atom stereocenters. The van der Waals surface area contributed by atoms with E-state index in [1.807, 2.05) is 0 Å². The molecule has 2 nitrogen and oxygen atoms in total. The summed E-state index contributed by atoms with van der Waals surface area (Å²) in [5, 5.41) is 1.21. The molecule has 0 spiro atoms. The smallest absolute Gasteiger partial charge is 0.422 e. The fourth-order valence-electron chi connectivity index (χ4n) is 1.67. The summed E-state index contributed by atoms with van der Waals surface area (Å²) >= 11 is 0. The lowest BCUT2D eigenvalue weighted by molar-refractivity contribution is -0.153. The number of aldehydes is 1. The molecule has 0 radical (unpaired) electrons. The Kier molecular flexibility index (Phi) is 3.23. The SMILES string of the molecule is O=Cc1ccc2ccccc2c1OCC(F)(F)F. The van der Waals surface area contributed by atoms with E-state index in [9.17, 15) is 18.0 Å². The lowest BCUT2D eigenvalue weighted by Crippen LogP contribution is -2.19. The zero-order valence-electron chi connectivity index (χ0n) is 9.20. The average Bonchev–Trinajstić information content (AvgIpc) is 2.34. The van der Waals surface area contributed by atoms with Crippen LogP contribution in [0.5, 0.6) is 5.75 Å². The van der Waals surface area contributed by atoms with Gasteiger partial charge in [-0.3, -0.25) is 4.79 Å². The van der Waals surface area contributed by atoms with Gasteiger partial charge in [0.15, 0.2) is 12.9 Å². The van der Waals surface area contributed by atoms with E-state index < -0.39 is 12.8 Å². The molecule has 2 aromatic carbocycles. The van der Waals surface area contributed by atoms with Crippen LogP contribution >= 0.6 is 0 Å². The van der Waals surface area contributed by atoms with Crippen LogP contribution in [-0.4, -0.2) is 19.1 Å². The van der Waals surface area contributed by atoms with Crippen LogP contribution in [0.4, 0.5) is 13.2 Å². The van der Waals surface area contributed by atoms with Crippen molar-refractivity contribution in [1.82, 2.24) is 0 Å². The third-order valence-electron chi connectivity index (χ3n) is 2.42. The summed E-state index contributed by atoms with van der Waals surface area (Å²) < 4.78 is 41.2. The summed E-state index contributed by atoms with van der Waals surface area (Å²) in [6.45, 7) is -1.41.